The summed E-state index contributed by atoms with van der Waals surface area (Å²) in [5, 5.41) is 11.9. The van der Waals surface area contributed by atoms with Crippen LogP contribution in [0.25, 0.3) is 0 Å². The molecule has 1 atom stereocenters. The Morgan fingerprint density at radius 2 is 1.94 bits per heavy atom. The molecule has 0 saturated heterocycles. The second kappa shape index (κ2) is 5.80. The molecule has 5 N–H and O–H groups in total. The summed E-state index contributed by atoms with van der Waals surface area (Å²) in [6.45, 7) is -0.0343. The lowest BCUT2D eigenvalue weighted by molar-refractivity contribution is -0.125. The predicted molar refractivity (Wildman–Crippen MR) is 66.4 cm³/mol. The van der Waals surface area contributed by atoms with Gasteiger partial charge >= 0.3 is 0 Å². The first-order chi connectivity index (χ1) is 8.36. The normalized spacial score (nSPS) is 13.0. The van der Waals surface area contributed by atoms with Crippen LogP contribution in [0, 0.1) is 0 Å². The third-order valence-corrected chi connectivity index (χ3v) is 3.69. The van der Waals surface area contributed by atoms with E-state index in [0.29, 0.717) is 5.69 Å². The molecule has 1 unspecified atom stereocenters. The number of carbonyl (C=O) groups is 1. The lowest BCUT2D eigenvalue weighted by Gasteiger charge is -2.10. The molecule has 100 valence electrons. The summed E-state index contributed by atoms with van der Waals surface area (Å²) in [5.41, 5.74) is 5.46. The third kappa shape index (κ3) is 3.69. The van der Waals surface area contributed by atoms with Crippen molar-refractivity contribution in [3.05, 3.63) is 24.3 Å². The minimum atomic E-state index is -3.46. The maximum Gasteiger partial charge on any atom is 0.248 e. The van der Waals surface area contributed by atoms with Gasteiger partial charge in [-0.3, -0.25) is 4.79 Å². The molecule has 8 heteroatoms. The highest BCUT2D eigenvalue weighted by Gasteiger charge is 2.12. The molecular formula is C10H15N3O4S. The van der Waals surface area contributed by atoms with Crippen LogP contribution in [-0.2, 0) is 14.8 Å². The predicted octanol–water partition coefficient (Wildman–Crippen LogP) is -1.15. The van der Waals surface area contributed by atoms with Crippen molar-refractivity contribution in [3.8, 4) is 0 Å². The van der Waals surface area contributed by atoms with Crippen molar-refractivity contribution in [2.24, 2.45) is 5.73 Å². The molecule has 0 saturated carbocycles. The largest absolute Gasteiger partial charge is 0.382 e. The monoisotopic (exact) mass is 273 g/mol. The van der Waals surface area contributed by atoms with Crippen molar-refractivity contribution in [2.75, 3.05) is 18.9 Å². The second-order valence-corrected chi connectivity index (χ2v) is 5.42. The van der Waals surface area contributed by atoms with Gasteiger partial charge in [0.15, 0.2) is 0 Å². The summed E-state index contributed by atoms with van der Waals surface area (Å²) in [6.07, 6.45) is -1.29. The fraction of sp³-hybridized carbons (Fsp3) is 0.300. The Morgan fingerprint density at radius 1 is 1.39 bits per heavy atom. The van der Waals surface area contributed by atoms with Gasteiger partial charge in [-0.25, -0.2) is 13.1 Å². The third-order valence-electron chi connectivity index (χ3n) is 2.26. The van der Waals surface area contributed by atoms with Crippen molar-refractivity contribution >= 4 is 21.6 Å². The number of sulfonamides is 1. The molecule has 0 radical (unpaired) electrons. The van der Waals surface area contributed by atoms with Gasteiger partial charge in [-0.05, 0) is 31.3 Å². The van der Waals surface area contributed by atoms with Crippen LogP contribution in [0.1, 0.15) is 0 Å². The van der Waals surface area contributed by atoms with E-state index in [1.54, 1.807) is 0 Å². The van der Waals surface area contributed by atoms with E-state index in [9.17, 15) is 13.2 Å². The van der Waals surface area contributed by atoms with Crippen molar-refractivity contribution < 1.29 is 18.3 Å². The average Bonchev–Trinajstić information content (AvgIpc) is 2.36. The molecule has 18 heavy (non-hydrogen) atoms. The van der Waals surface area contributed by atoms with E-state index in [1.165, 1.54) is 31.3 Å². The highest BCUT2D eigenvalue weighted by molar-refractivity contribution is 7.89. The number of rotatable bonds is 6. The van der Waals surface area contributed by atoms with Gasteiger partial charge < -0.3 is 16.2 Å². The Kier molecular flexibility index (Phi) is 4.65. The quantitative estimate of drug-likeness (QED) is 0.521. The summed E-state index contributed by atoms with van der Waals surface area (Å²) < 4.78 is 25.1. The SMILES string of the molecule is CNS(=O)(=O)c1ccc(NCC(O)C(N)=O)cc1. The number of nitrogens with two attached hydrogens (primary N) is 1. The number of hydrogen-bond donors (Lipinski definition) is 4. The number of amides is 1. The van der Waals surface area contributed by atoms with E-state index in [2.05, 4.69) is 10.0 Å². The van der Waals surface area contributed by atoms with Gasteiger partial charge in [0.1, 0.15) is 6.10 Å². The van der Waals surface area contributed by atoms with Gasteiger partial charge in [-0.1, -0.05) is 0 Å². The van der Waals surface area contributed by atoms with Gasteiger partial charge in [-0.2, -0.15) is 0 Å². The summed E-state index contributed by atoms with van der Waals surface area (Å²) in [6, 6.07) is 5.87. The van der Waals surface area contributed by atoms with Gasteiger partial charge in [-0.15, -0.1) is 0 Å². The highest BCUT2D eigenvalue weighted by atomic mass is 32.2. The van der Waals surface area contributed by atoms with Crippen LogP contribution in [0.5, 0.6) is 0 Å². The van der Waals surface area contributed by atoms with Crippen molar-refractivity contribution in [3.63, 3.8) is 0 Å². The zero-order valence-electron chi connectivity index (χ0n) is 9.75. The zero-order valence-corrected chi connectivity index (χ0v) is 10.6. The molecule has 1 rings (SSSR count). The van der Waals surface area contributed by atoms with Crippen LogP contribution in [0.4, 0.5) is 5.69 Å². The number of anilines is 1. The molecule has 0 spiro atoms. The topological polar surface area (TPSA) is 122 Å². The molecule has 0 aliphatic rings. The average molecular weight is 273 g/mol. The maximum absolute atomic E-state index is 11.4. The van der Waals surface area contributed by atoms with E-state index in [-0.39, 0.29) is 11.4 Å². The summed E-state index contributed by atoms with van der Waals surface area (Å²) in [4.78, 5) is 10.7. The molecule has 0 bridgehead atoms. The maximum atomic E-state index is 11.4. The van der Waals surface area contributed by atoms with E-state index in [4.69, 9.17) is 10.8 Å². The number of nitrogens with one attached hydrogen (secondary N) is 2. The van der Waals surface area contributed by atoms with E-state index < -0.39 is 22.0 Å². The Bertz CT molecular complexity index is 512. The van der Waals surface area contributed by atoms with Gasteiger partial charge in [0.05, 0.1) is 4.90 Å². The van der Waals surface area contributed by atoms with Crippen LogP contribution in [0.15, 0.2) is 29.2 Å². The molecule has 0 aliphatic heterocycles. The first kappa shape index (κ1) is 14.4. The van der Waals surface area contributed by atoms with E-state index in [1.807, 2.05) is 0 Å². The number of carbonyl (C=O) groups excluding carboxylic acids is 1. The summed E-state index contributed by atoms with van der Waals surface area (Å²) in [5.74, 6) is -0.822. The molecule has 0 aromatic heterocycles. The number of hydrogen-bond acceptors (Lipinski definition) is 5. The first-order valence-electron chi connectivity index (χ1n) is 5.11. The standard InChI is InChI=1S/C10H15N3O4S/c1-12-18(16,17)8-4-2-7(3-5-8)13-6-9(14)10(11)15/h2-5,9,12-14H,6H2,1H3,(H2,11,15). The van der Waals surface area contributed by atoms with Gasteiger partial charge in [0.25, 0.3) is 0 Å². The van der Waals surface area contributed by atoms with Crippen molar-refractivity contribution in [2.45, 2.75) is 11.0 Å². The van der Waals surface area contributed by atoms with Crippen LogP contribution in [0.2, 0.25) is 0 Å². The first-order valence-corrected chi connectivity index (χ1v) is 6.60. The highest BCUT2D eigenvalue weighted by Crippen LogP contribution is 2.13. The van der Waals surface area contributed by atoms with Gasteiger partial charge in [0, 0.05) is 12.2 Å². The molecule has 1 aromatic carbocycles. The van der Waals surface area contributed by atoms with Crippen molar-refractivity contribution in [1.29, 1.82) is 0 Å². The molecule has 0 aliphatic carbocycles. The van der Waals surface area contributed by atoms with E-state index >= 15 is 0 Å². The zero-order chi connectivity index (χ0) is 13.8. The molecule has 0 heterocycles. The molecule has 1 amide bonds. The Hall–Kier alpha value is -1.64. The van der Waals surface area contributed by atoms with E-state index in [0.717, 1.165) is 0 Å². The van der Waals surface area contributed by atoms with Crippen LogP contribution < -0.4 is 15.8 Å². The fourth-order valence-electron chi connectivity index (χ4n) is 1.18. The van der Waals surface area contributed by atoms with Crippen LogP contribution in [0.3, 0.4) is 0 Å². The summed E-state index contributed by atoms with van der Waals surface area (Å²) >= 11 is 0. The minimum absolute atomic E-state index is 0.0343. The Morgan fingerprint density at radius 3 is 2.39 bits per heavy atom. The van der Waals surface area contributed by atoms with Crippen LogP contribution >= 0.6 is 0 Å². The molecule has 1 aromatic rings. The number of aliphatic hydroxyl groups is 1. The number of aliphatic hydroxyl groups excluding tert-OH is 1. The number of benzene rings is 1. The number of primary amides is 1. The van der Waals surface area contributed by atoms with Crippen LogP contribution in [-0.4, -0.2) is 39.1 Å². The minimum Gasteiger partial charge on any atom is -0.382 e. The molecular weight excluding hydrogens is 258 g/mol. The fourth-order valence-corrected chi connectivity index (χ4v) is 1.91. The lowest BCUT2D eigenvalue weighted by atomic mass is 10.3. The van der Waals surface area contributed by atoms with Gasteiger partial charge in [0.2, 0.25) is 15.9 Å². The second-order valence-electron chi connectivity index (χ2n) is 3.53. The Labute approximate surface area is 105 Å². The smallest absolute Gasteiger partial charge is 0.248 e. The Balaban J connectivity index is 2.70. The molecule has 7 nitrogen and oxygen atoms in total. The lowest BCUT2D eigenvalue weighted by Crippen LogP contribution is -2.34. The summed E-state index contributed by atoms with van der Waals surface area (Å²) in [7, 11) is -2.14. The van der Waals surface area contributed by atoms with Crippen molar-refractivity contribution in [1.82, 2.24) is 4.72 Å². The molecule has 0 fully saturated rings.